The summed E-state index contributed by atoms with van der Waals surface area (Å²) in [5.41, 5.74) is 8.75. The van der Waals surface area contributed by atoms with Crippen LogP contribution in [0, 0.1) is 13.8 Å². The molecular formula is C14H18N2O2. The highest BCUT2D eigenvalue weighted by Crippen LogP contribution is 2.21. The highest BCUT2D eigenvalue weighted by atomic mass is 16.5. The highest BCUT2D eigenvalue weighted by molar-refractivity contribution is 5.37. The second-order valence-corrected chi connectivity index (χ2v) is 4.37. The average Bonchev–Trinajstić information content (AvgIpc) is 2.75. The molecule has 0 bridgehead atoms. The molecule has 1 aromatic carbocycles. The molecule has 18 heavy (non-hydrogen) atoms. The van der Waals surface area contributed by atoms with Crippen molar-refractivity contribution in [3.8, 4) is 5.75 Å². The molecule has 4 heteroatoms. The van der Waals surface area contributed by atoms with Crippen molar-refractivity contribution in [2.24, 2.45) is 5.73 Å². The van der Waals surface area contributed by atoms with Gasteiger partial charge in [0.05, 0.1) is 0 Å². The van der Waals surface area contributed by atoms with Gasteiger partial charge in [-0.15, -0.1) is 0 Å². The van der Waals surface area contributed by atoms with Gasteiger partial charge in [-0.2, -0.15) is 0 Å². The zero-order valence-corrected chi connectivity index (χ0v) is 10.8. The molecule has 0 saturated heterocycles. The van der Waals surface area contributed by atoms with E-state index in [1.165, 1.54) is 5.56 Å². The van der Waals surface area contributed by atoms with E-state index in [9.17, 15) is 0 Å². The first-order valence-electron chi connectivity index (χ1n) is 6.03. The summed E-state index contributed by atoms with van der Waals surface area (Å²) in [4.78, 5) is 0. The molecule has 1 heterocycles. The molecule has 0 aliphatic rings. The third-order valence-corrected chi connectivity index (χ3v) is 2.68. The fourth-order valence-corrected chi connectivity index (χ4v) is 1.84. The van der Waals surface area contributed by atoms with Gasteiger partial charge in [0.15, 0.2) is 0 Å². The van der Waals surface area contributed by atoms with E-state index in [1.54, 1.807) is 0 Å². The van der Waals surface area contributed by atoms with Gasteiger partial charge < -0.3 is 15.0 Å². The van der Waals surface area contributed by atoms with Gasteiger partial charge in [-0.3, -0.25) is 0 Å². The highest BCUT2D eigenvalue weighted by Gasteiger charge is 2.06. The van der Waals surface area contributed by atoms with E-state index in [0.717, 1.165) is 29.2 Å². The minimum atomic E-state index is 0.415. The van der Waals surface area contributed by atoms with Crippen molar-refractivity contribution >= 4 is 0 Å². The number of aryl methyl sites for hydroxylation is 2. The molecule has 0 amide bonds. The Morgan fingerprint density at radius 3 is 2.78 bits per heavy atom. The third-order valence-electron chi connectivity index (χ3n) is 2.68. The monoisotopic (exact) mass is 246 g/mol. The molecule has 0 fully saturated rings. The van der Waals surface area contributed by atoms with Crippen molar-refractivity contribution in [3.05, 3.63) is 46.8 Å². The Morgan fingerprint density at radius 2 is 2.11 bits per heavy atom. The van der Waals surface area contributed by atoms with Crippen LogP contribution in [0.4, 0.5) is 0 Å². The maximum Gasteiger partial charge on any atom is 0.134 e. The quantitative estimate of drug-likeness (QED) is 0.879. The fraction of sp³-hybridized carbons (Fsp3) is 0.357. The Labute approximate surface area is 107 Å². The summed E-state index contributed by atoms with van der Waals surface area (Å²) in [6, 6.07) is 7.99. The fourth-order valence-electron chi connectivity index (χ4n) is 1.84. The predicted octanol–water partition coefficient (Wildman–Crippen LogP) is 2.37. The Hall–Kier alpha value is -1.81. The van der Waals surface area contributed by atoms with Crippen LogP contribution in [0.1, 0.15) is 22.6 Å². The molecule has 0 aliphatic heterocycles. The lowest BCUT2D eigenvalue weighted by Crippen LogP contribution is -2.06. The van der Waals surface area contributed by atoms with Crippen molar-refractivity contribution in [1.29, 1.82) is 0 Å². The maximum absolute atomic E-state index is 5.77. The van der Waals surface area contributed by atoms with Crippen LogP contribution in [-0.4, -0.2) is 11.7 Å². The van der Waals surface area contributed by atoms with E-state index < -0.39 is 0 Å². The second kappa shape index (κ2) is 5.69. The first kappa shape index (κ1) is 12.6. The summed E-state index contributed by atoms with van der Waals surface area (Å²) in [6.45, 7) is 4.95. The van der Waals surface area contributed by atoms with Crippen LogP contribution < -0.4 is 10.5 Å². The van der Waals surface area contributed by atoms with Crippen molar-refractivity contribution in [3.63, 3.8) is 0 Å². The van der Waals surface area contributed by atoms with Gasteiger partial charge in [-0.05, 0) is 38.4 Å². The summed E-state index contributed by atoms with van der Waals surface area (Å²) in [6.07, 6.45) is 0.814. The Morgan fingerprint density at radius 1 is 1.28 bits per heavy atom. The van der Waals surface area contributed by atoms with E-state index in [1.807, 2.05) is 25.1 Å². The third kappa shape index (κ3) is 3.11. The molecular weight excluding hydrogens is 228 g/mol. The summed E-state index contributed by atoms with van der Waals surface area (Å²) < 4.78 is 10.8. The maximum atomic E-state index is 5.77. The molecule has 2 N–H and O–H groups in total. The van der Waals surface area contributed by atoms with E-state index in [2.05, 4.69) is 18.1 Å². The first-order chi connectivity index (χ1) is 8.69. The number of benzene rings is 1. The molecule has 2 aromatic rings. The van der Waals surface area contributed by atoms with E-state index >= 15 is 0 Å². The van der Waals surface area contributed by atoms with Crippen LogP contribution in [0.5, 0.6) is 5.75 Å². The normalized spacial score (nSPS) is 10.6. The number of nitrogens with two attached hydrogens (primary N) is 1. The number of nitrogens with zero attached hydrogens (tertiary/aromatic N) is 1. The number of hydrogen-bond acceptors (Lipinski definition) is 4. The number of aromatic nitrogens is 1. The largest absolute Gasteiger partial charge is 0.487 e. The molecule has 0 radical (unpaired) electrons. The van der Waals surface area contributed by atoms with Crippen LogP contribution >= 0.6 is 0 Å². The van der Waals surface area contributed by atoms with Crippen molar-refractivity contribution < 1.29 is 9.26 Å². The molecule has 0 aliphatic carbocycles. The van der Waals surface area contributed by atoms with Crippen LogP contribution in [-0.2, 0) is 13.0 Å². The van der Waals surface area contributed by atoms with Gasteiger partial charge in [-0.25, -0.2) is 0 Å². The van der Waals surface area contributed by atoms with Gasteiger partial charge in [0.25, 0.3) is 0 Å². The number of rotatable bonds is 5. The summed E-state index contributed by atoms with van der Waals surface area (Å²) in [5, 5.41) is 3.90. The average molecular weight is 246 g/mol. The van der Waals surface area contributed by atoms with Crippen molar-refractivity contribution in [2.75, 3.05) is 6.54 Å². The van der Waals surface area contributed by atoms with Gasteiger partial charge in [0, 0.05) is 6.07 Å². The van der Waals surface area contributed by atoms with E-state index in [0.29, 0.717) is 13.2 Å². The molecule has 1 aromatic heterocycles. The molecule has 0 atom stereocenters. The minimum Gasteiger partial charge on any atom is -0.487 e. The summed E-state index contributed by atoms with van der Waals surface area (Å²) in [7, 11) is 0. The zero-order valence-electron chi connectivity index (χ0n) is 10.8. The molecule has 2 rings (SSSR count). The van der Waals surface area contributed by atoms with Crippen LogP contribution in [0.25, 0.3) is 0 Å². The lowest BCUT2D eigenvalue weighted by atomic mass is 10.1. The standard InChI is InChI=1S/C14H18N2O2/c1-10-3-4-14(12(7-10)5-6-15)17-9-13-8-11(2)18-16-13/h3-4,7-8H,5-6,9,15H2,1-2H3. The van der Waals surface area contributed by atoms with Gasteiger partial charge in [0.2, 0.25) is 0 Å². The lowest BCUT2D eigenvalue weighted by molar-refractivity contribution is 0.285. The van der Waals surface area contributed by atoms with Crippen molar-refractivity contribution in [1.82, 2.24) is 5.16 Å². The molecule has 0 spiro atoms. The Balaban J connectivity index is 2.08. The SMILES string of the molecule is Cc1ccc(OCc2cc(C)on2)c(CCN)c1. The number of hydrogen-bond donors (Lipinski definition) is 1. The molecule has 0 saturated carbocycles. The topological polar surface area (TPSA) is 61.3 Å². The van der Waals surface area contributed by atoms with E-state index in [4.69, 9.17) is 15.0 Å². The van der Waals surface area contributed by atoms with Gasteiger partial charge in [-0.1, -0.05) is 22.9 Å². The number of ether oxygens (including phenoxy) is 1. The first-order valence-corrected chi connectivity index (χ1v) is 6.03. The smallest absolute Gasteiger partial charge is 0.134 e. The molecule has 96 valence electrons. The zero-order chi connectivity index (χ0) is 13.0. The molecule has 0 unspecified atom stereocenters. The Kier molecular flexibility index (Phi) is 3.99. The Bertz CT molecular complexity index is 520. The van der Waals surface area contributed by atoms with Gasteiger partial charge >= 0.3 is 0 Å². The van der Waals surface area contributed by atoms with Crippen LogP contribution in [0.15, 0.2) is 28.8 Å². The summed E-state index contributed by atoms with van der Waals surface area (Å²) in [5.74, 6) is 1.66. The van der Waals surface area contributed by atoms with Crippen LogP contribution in [0.2, 0.25) is 0 Å². The second-order valence-electron chi connectivity index (χ2n) is 4.37. The van der Waals surface area contributed by atoms with Crippen LogP contribution in [0.3, 0.4) is 0 Å². The lowest BCUT2D eigenvalue weighted by Gasteiger charge is -2.10. The predicted molar refractivity (Wildman–Crippen MR) is 69.5 cm³/mol. The van der Waals surface area contributed by atoms with E-state index in [-0.39, 0.29) is 0 Å². The molecule has 4 nitrogen and oxygen atoms in total. The van der Waals surface area contributed by atoms with Crippen molar-refractivity contribution in [2.45, 2.75) is 26.9 Å². The summed E-state index contributed by atoms with van der Waals surface area (Å²) >= 11 is 0. The minimum absolute atomic E-state index is 0.415. The van der Waals surface area contributed by atoms with Gasteiger partial charge in [0.1, 0.15) is 23.8 Å².